The Kier molecular flexibility index (Phi) is 5.90. The maximum atomic E-state index is 13.5. The van der Waals surface area contributed by atoms with Crippen LogP contribution in [0.15, 0.2) is 86.1 Å². The van der Waals surface area contributed by atoms with Crippen LogP contribution in [0, 0.1) is 0 Å². The maximum absolute atomic E-state index is 13.5. The number of halogens is 2. The number of furan rings is 1. The number of Topliss-reactive ketones (excluding diaryl/α,β-unsaturated/α-hetero) is 1. The highest BCUT2D eigenvalue weighted by Gasteiger charge is 2.33. The number of hydrogen-bond acceptors (Lipinski definition) is 5. The van der Waals surface area contributed by atoms with E-state index in [4.69, 9.17) is 27.6 Å². The van der Waals surface area contributed by atoms with Crippen LogP contribution in [-0.4, -0.2) is 10.4 Å². The zero-order chi connectivity index (χ0) is 24.0. The fourth-order valence-electron chi connectivity index (χ4n) is 4.04. The van der Waals surface area contributed by atoms with Crippen molar-refractivity contribution in [2.75, 3.05) is 0 Å². The lowest BCUT2D eigenvalue weighted by molar-refractivity contribution is -0.114. The van der Waals surface area contributed by atoms with Gasteiger partial charge in [0.15, 0.2) is 10.6 Å². The minimum atomic E-state index is -0.719. The van der Waals surface area contributed by atoms with Crippen LogP contribution in [0.1, 0.15) is 31.2 Å². The number of benzene rings is 2. The van der Waals surface area contributed by atoms with Crippen molar-refractivity contribution in [1.82, 2.24) is 4.57 Å². The van der Waals surface area contributed by atoms with Crippen molar-refractivity contribution in [2.24, 2.45) is 4.99 Å². The van der Waals surface area contributed by atoms with Crippen molar-refractivity contribution in [3.8, 4) is 11.3 Å². The first-order chi connectivity index (χ1) is 16.3. The lowest BCUT2D eigenvalue weighted by Gasteiger charge is -2.22. The third-order valence-corrected chi connectivity index (χ3v) is 7.32. The molecule has 0 saturated carbocycles. The fourth-order valence-corrected chi connectivity index (χ4v) is 5.39. The molecule has 0 spiro atoms. The molecule has 0 radical (unpaired) electrons. The van der Waals surface area contributed by atoms with E-state index in [9.17, 15) is 9.59 Å². The molecule has 1 atom stereocenters. The van der Waals surface area contributed by atoms with E-state index < -0.39 is 6.04 Å². The molecular formula is C26H18Cl2N2O3S. The topological polar surface area (TPSA) is 64.6 Å². The Balaban J connectivity index is 1.69. The van der Waals surface area contributed by atoms with Crippen molar-refractivity contribution in [1.29, 1.82) is 0 Å². The summed E-state index contributed by atoms with van der Waals surface area (Å²) in [6.07, 6.45) is 1.83. The second-order valence-electron chi connectivity index (χ2n) is 7.88. The van der Waals surface area contributed by atoms with E-state index in [1.807, 2.05) is 36.4 Å². The highest BCUT2D eigenvalue weighted by atomic mass is 35.5. The molecule has 8 heteroatoms. The summed E-state index contributed by atoms with van der Waals surface area (Å²) < 4.78 is 8.25. The normalized spacial score (nSPS) is 15.9. The standard InChI is InChI=1S/C26H18Cl2N2O3S/c1-14-23(15(2)31)24(21-11-10-20(33-21)17-8-9-18(27)19(28)13-17)30-25(32)22(34-26(30)29-14)12-16-6-4-3-5-7-16/h3-13,24H,1-2H3/b22-12+/t24-/m0/s1. The van der Waals surface area contributed by atoms with E-state index in [-0.39, 0.29) is 11.3 Å². The quantitative estimate of drug-likeness (QED) is 0.371. The minimum Gasteiger partial charge on any atom is -0.458 e. The van der Waals surface area contributed by atoms with Gasteiger partial charge in [0.1, 0.15) is 17.6 Å². The SMILES string of the molecule is CC(=O)C1=C(C)N=c2s/c(=C/c3ccccc3)c(=O)n2[C@H]1c1ccc(-c2ccc(Cl)c(Cl)c2)o1. The molecule has 5 nitrogen and oxygen atoms in total. The Bertz CT molecular complexity index is 1650. The van der Waals surface area contributed by atoms with Crippen molar-refractivity contribution < 1.29 is 9.21 Å². The molecule has 2 aromatic carbocycles. The van der Waals surface area contributed by atoms with Gasteiger partial charge >= 0.3 is 0 Å². The van der Waals surface area contributed by atoms with Gasteiger partial charge in [0.25, 0.3) is 5.56 Å². The first-order valence-electron chi connectivity index (χ1n) is 10.5. The summed E-state index contributed by atoms with van der Waals surface area (Å²) in [5.74, 6) is 0.849. The van der Waals surface area contributed by atoms with Crippen LogP contribution >= 0.6 is 34.5 Å². The summed E-state index contributed by atoms with van der Waals surface area (Å²) in [6.45, 7) is 3.25. The molecule has 5 rings (SSSR count). The predicted molar refractivity (Wildman–Crippen MR) is 135 cm³/mol. The number of aromatic nitrogens is 1. The Labute approximate surface area is 208 Å². The molecule has 170 valence electrons. The summed E-state index contributed by atoms with van der Waals surface area (Å²) in [7, 11) is 0. The summed E-state index contributed by atoms with van der Waals surface area (Å²) in [5.41, 5.74) is 2.41. The van der Waals surface area contributed by atoms with E-state index in [0.717, 1.165) is 11.1 Å². The van der Waals surface area contributed by atoms with E-state index in [1.165, 1.54) is 18.3 Å². The molecule has 0 N–H and O–H groups in total. The first kappa shape index (κ1) is 22.6. The van der Waals surface area contributed by atoms with Crippen LogP contribution in [0.4, 0.5) is 0 Å². The van der Waals surface area contributed by atoms with Gasteiger partial charge in [0, 0.05) is 16.8 Å². The lowest BCUT2D eigenvalue weighted by atomic mass is 9.98. The van der Waals surface area contributed by atoms with E-state index in [1.54, 1.807) is 41.8 Å². The largest absolute Gasteiger partial charge is 0.458 e. The lowest BCUT2D eigenvalue weighted by Crippen LogP contribution is -2.39. The number of nitrogens with zero attached hydrogens (tertiary/aromatic N) is 2. The Hall–Kier alpha value is -3.19. The number of rotatable bonds is 4. The molecule has 0 amide bonds. The van der Waals surface area contributed by atoms with Gasteiger partial charge in [0.2, 0.25) is 0 Å². The molecule has 1 aliphatic rings. The van der Waals surface area contributed by atoms with Gasteiger partial charge in [-0.3, -0.25) is 14.2 Å². The van der Waals surface area contributed by atoms with Gasteiger partial charge < -0.3 is 4.42 Å². The second-order valence-corrected chi connectivity index (χ2v) is 9.70. The second kappa shape index (κ2) is 8.87. The van der Waals surface area contributed by atoms with E-state index >= 15 is 0 Å². The van der Waals surface area contributed by atoms with Gasteiger partial charge in [-0.2, -0.15) is 0 Å². The maximum Gasteiger partial charge on any atom is 0.271 e. The van der Waals surface area contributed by atoms with E-state index in [0.29, 0.717) is 42.2 Å². The highest BCUT2D eigenvalue weighted by Crippen LogP contribution is 2.35. The van der Waals surface area contributed by atoms with Crippen LogP contribution in [-0.2, 0) is 4.79 Å². The molecule has 0 bridgehead atoms. The van der Waals surface area contributed by atoms with Crippen molar-refractivity contribution in [2.45, 2.75) is 19.9 Å². The average Bonchev–Trinajstić information content (AvgIpc) is 3.41. The minimum absolute atomic E-state index is 0.170. The van der Waals surface area contributed by atoms with E-state index in [2.05, 4.69) is 4.99 Å². The Morgan fingerprint density at radius 1 is 1.09 bits per heavy atom. The number of ketones is 1. The number of fused-ring (bicyclic) bond motifs is 1. The zero-order valence-corrected chi connectivity index (χ0v) is 20.5. The number of carbonyl (C=O) groups is 1. The fraction of sp³-hybridized carbons (Fsp3) is 0.115. The zero-order valence-electron chi connectivity index (χ0n) is 18.2. The average molecular weight is 509 g/mol. The van der Waals surface area contributed by atoms with Crippen LogP contribution in [0.3, 0.4) is 0 Å². The van der Waals surface area contributed by atoms with Crippen LogP contribution in [0.25, 0.3) is 17.4 Å². The third-order valence-electron chi connectivity index (χ3n) is 5.60. The van der Waals surface area contributed by atoms with Gasteiger partial charge in [-0.05, 0) is 55.8 Å². The molecule has 3 heterocycles. The monoisotopic (exact) mass is 508 g/mol. The van der Waals surface area contributed by atoms with Gasteiger partial charge in [-0.15, -0.1) is 0 Å². The first-order valence-corrected chi connectivity index (χ1v) is 12.0. The third kappa shape index (κ3) is 3.98. The number of hydrogen-bond donors (Lipinski definition) is 0. The predicted octanol–water partition coefficient (Wildman–Crippen LogP) is 5.39. The smallest absolute Gasteiger partial charge is 0.271 e. The number of thiazole rings is 1. The van der Waals surface area contributed by atoms with Crippen LogP contribution < -0.4 is 14.9 Å². The van der Waals surface area contributed by atoms with Crippen LogP contribution in [0.2, 0.25) is 10.0 Å². The van der Waals surface area contributed by atoms with Crippen LogP contribution in [0.5, 0.6) is 0 Å². The Morgan fingerprint density at radius 2 is 1.85 bits per heavy atom. The van der Waals surface area contributed by atoms with Crippen molar-refractivity contribution in [3.05, 3.63) is 113 Å². The van der Waals surface area contributed by atoms with Crippen molar-refractivity contribution >= 4 is 46.4 Å². The van der Waals surface area contributed by atoms with Crippen molar-refractivity contribution in [3.63, 3.8) is 0 Å². The molecule has 4 aromatic rings. The summed E-state index contributed by atoms with van der Waals surface area (Å²) in [5, 5.41) is 0.853. The van der Waals surface area contributed by atoms with Gasteiger partial charge in [-0.1, -0.05) is 64.9 Å². The molecule has 0 aliphatic carbocycles. The molecular weight excluding hydrogens is 491 g/mol. The highest BCUT2D eigenvalue weighted by molar-refractivity contribution is 7.07. The molecule has 34 heavy (non-hydrogen) atoms. The summed E-state index contributed by atoms with van der Waals surface area (Å²) in [4.78, 5) is 31.3. The summed E-state index contributed by atoms with van der Waals surface area (Å²) in [6, 6.07) is 17.7. The Morgan fingerprint density at radius 3 is 2.56 bits per heavy atom. The molecule has 0 unspecified atom stereocenters. The number of allylic oxidation sites excluding steroid dienone is 2. The number of carbonyl (C=O) groups excluding carboxylic acids is 1. The van der Waals surface area contributed by atoms with Gasteiger partial charge in [0.05, 0.1) is 14.6 Å². The summed E-state index contributed by atoms with van der Waals surface area (Å²) >= 11 is 13.5. The van der Waals surface area contributed by atoms with Gasteiger partial charge in [-0.25, -0.2) is 4.99 Å². The molecule has 0 saturated heterocycles. The molecule has 2 aromatic heterocycles. The molecule has 0 fully saturated rings. The molecule has 1 aliphatic heterocycles.